The molecule has 5 aromatic rings. The van der Waals surface area contributed by atoms with Crippen LogP contribution in [0.4, 0.5) is 5.69 Å². The van der Waals surface area contributed by atoms with E-state index in [0.29, 0.717) is 17.9 Å². The first kappa shape index (κ1) is 21.9. The van der Waals surface area contributed by atoms with Crippen LogP contribution in [0.3, 0.4) is 0 Å². The molecule has 0 radical (unpaired) electrons. The van der Waals surface area contributed by atoms with Gasteiger partial charge in [0.05, 0.1) is 5.52 Å². The van der Waals surface area contributed by atoms with Gasteiger partial charge in [0.25, 0.3) is 5.91 Å². The molecule has 2 aromatic heterocycles. The number of carbonyl (C=O) groups is 1. The number of aromatic nitrogens is 2. The Morgan fingerprint density at radius 1 is 0.971 bits per heavy atom. The molecule has 0 saturated heterocycles. The van der Waals surface area contributed by atoms with Gasteiger partial charge in [-0.1, -0.05) is 30.3 Å². The van der Waals surface area contributed by atoms with Crippen LogP contribution in [0.2, 0.25) is 0 Å². The average Bonchev–Trinajstić information content (AvgIpc) is 2.87. The highest BCUT2D eigenvalue weighted by Crippen LogP contribution is 2.29. The lowest BCUT2D eigenvalue weighted by Gasteiger charge is -2.11. The molecule has 5 nitrogen and oxygen atoms in total. The molecule has 1 N–H and O–H groups in total. The first-order valence-electron chi connectivity index (χ1n) is 10.9. The molecule has 0 aliphatic heterocycles. The van der Waals surface area contributed by atoms with Crippen molar-refractivity contribution in [1.82, 2.24) is 9.97 Å². The van der Waals surface area contributed by atoms with Gasteiger partial charge >= 0.3 is 0 Å². The monoisotopic (exact) mass is 465 g/mol. The summed E-state index contributed by atoms with van der Waals surface area (Å²) < 4.78 is 6.01. The molecule has 6 heteroatoms. The van der Waals surface area contributed by atoms with Crippen LogP contribution < -0.4 is 10.1 Å². The van der Waals surface area contributed by atoms with Crippen molar-refractivity contribution >= 4 is 45.0 Å². The predicted octanol–water partition coefficient (Wildman–Crippen LogP) is 6.64. The number of amides is 1. The molecule has 0 spiro atoms. The van der Waals surface area contributed by atoms with Gasteiger partial charge in [-0.3, -0.25) is 14.8 Å². The number of ether oxygens (including phenoxy) is 1. The predicted molar refractivity (Wildman–Crippen MR) is 139 cm³/mol. The summed E-state index contributed by atoms with van der Waals surface area (Å²) in [6, 6.07) is 23.1. The summed E-state index contributed by atoms with van der Waals surface area (Å²) in [5, 5.41) is 6.20. The van der Waals surface area contributed by atoms with Gasteiger partial charge in [0.1, 0.15) is 12.4 Å². The fraction of sp³-hybridized carbons (Fsp3) is 0.107. The lowest BCUT2D eigenvalue weighted by Crippen LogP contribution is -2.12. The molecule has 1 amide bonds. The van der Waals surface area contributed by atoms with Gasteiger partial charge < -0.3 is 10.1 Å². The van der Waals surface area contributed by atoms with E-state index in [-0.39, 0.29) is 5.91 Å². The summed E-state index contributed by atoms with van der Waals surface area (Å²) in [6.07, 6.45) is 5.70. The number of benzene rings is 3. The standard InChI is InChI=1S/C28H23N3O2S/c1-18-12-27(34-2)25-14-22(10-11-26(25)30-18)31-28(32)19-7-5-8-23(13-19)33-17-21-16-29-15-20-6-3-4-9-24(20)21/h3-16H,17H2,1-2H3,(H,31,32). The SMILES string of the molecule is CSc1cc(C)nc2ccc(NC(=O)c3cccc(OCc4cncc5ccccc45)c3)cc12. The van der Waals surface area contributed by atoms with Crippen molar-refractivity contribution in [2.24, 2.45) is 0 Å². The van der Waals surface area contributed by atoms with Gasteiger partial charge in [-0.15, -0.1) is 11.8 Å². The molecule has 0 atom stereocenters. The second-order valence-corrected chi connectivity index (χ2v) is 8.84. The van der Waals surface area contributed by atoms with Crippen LogP contribution in [0.5, 0.6) is 5.75 Å². The van der Waals surface area contributed by atoms with Gasteiger partial charge in [0, 0.05) is 50.6 Å². The molecule has 0 bridgehead atoms. The quantitative estimate of drug-likeness (QED) is 0.285. The molecule has 0 fully saturated rings. The third kappa shape index (κ3) is 4.58. The Balaban J connectivity index is 1.33. The number of hydrogen-bond donors (Lipinski definition) is 1. The van der Waals surface area contributed by atoms with E-state index < -0.39 is 0 Å². The largest absolute Gasteiger partial charge is 0.489 e. The number of anilines is 1. The molecule has 34 heavy (non-hydrogen) atoms. The van der Waals surface area contributed by atoms with E-state index in [2.05, 4.69) is 27.4 Å². The minimum absolute atomic E-state index is 0.192. The average molecular weight is 466 g/mol. The van der Waals surface area contributed by atoms with Crippen LogP contribution in [0.15, 0.2) is 90.1 Å². The zero-order chi connectivity index (χ0) is 23.5. The first-order chi connectivity index (χ1) is 16.6. The van der Waals surface area contributed by atoms with Crippen molar-refractivity contribution < 1.29 is 9.53 Å². The number of pyridine rings is 2. The number of thioether (sulfide) groups is 1. The van der Waals surface area contributed by atoms with Crippen molar-refractivity contribution in [2.45, 2.75) is 18.4 Å². The summed E-state index contributed by atoms with van der Waals surface area (Å²) in [5.74, 6) is 0.436. The van der Waals surface area contributed by atoms with Crippen molar-refractivity contribution in [3.8, 4) is 5.75 Å². The molecule has 0 aliphatic rings. The third-order valence-corrected chi connectivity index (χ3v) is 6.40. The lowest BCUT2D eigenvalue weighted by atomic mass is 10.1. The van der Waals surface area contributed by atoms with Crippen LogP contribution in [0.1, 0.15) is 21.6 Å². The molecule has 168 valence electrons. The normalized spacial score (nSPS) is 11.0. The van der Waals surface area contributed by atoms with Crippen molar-refractivity contribution in [1.29, 1.82) is 0 Å². The van der Waals surface area contributed by atoms with Crippen molar-refractivity contribution in [2.75, 3.05) is 11.6 Å². The maximum absolute atomic E-state index is 13.0. The van der Waals surface area contributed by atoms with Gasteiger partial charge in [0.2, 0.25) is 0 Å². The highest BCUT2D eigenvalue weighted by atomic mass is 32.2. The highest BCUT2D eigenvalue weighted by molar-refractivity contribution is 7.98. The molecule has 2 heterocycles. The second-order valence-electron chi connectivity index (χ2n) is 7.99. The Morgan fingerprint density at radius 3 is 2.74 bits per heavy atom. The molecule has 0 saturated carbocycles. The highest BCUT2D eigenvalue weighted by Gasteiger charge is 2.10. The number of nitrogens with one attached hydrogen (secondary N) is 1. The summed E-state index contributed by atoms with van der Waals surface area (Å²) in [5.41, 5.74) is 4.15. The summed E-state index contributed by atoms with van der Waals surface area (Å²) in [6.45, 7) is 2.36. The van der Waals surface area contributed by atoms with E-state index in [1.54, 1.807) is 23.9 Å². The summed E-state index contributed by atoms with van der Waals surface area (Å²) in [4.78, 5) is 23.0. The van der Waals surface area contributed by atoms with Crippen LogP contribution in [0.25, 0.3) is 21.7 Å². The zero-order valence-electron chi connectivity index (χ0n) is 18.9. The Kier molecular flexibility index (Phi) is 6.14. The van der Waals surface area contributed by atoms with E-state index in [1.165, 1.54) is 0 Å². The Morgan fingerprint density at radius 2 is 1.85 bits per heavy atom. The summed E-state index contributed by atoms with van der Waals surface area (Å²) >= 11 is 1.67. The summed E-state index contributed by atoms with van der Waals surface area (Å²) in [7, 11) is 0. The molecule has 3 aromatic carbocycles. The topological polar surface area (TPSA) is 64.1 Å². The molecule has 0 unspecified atom stereocenters. The van der Waals surface area contributed by atoms with Crippen LogP contribution >= 0.6 is 11.8 Å². The van der Waals surface area contributed by atoms with Crippen LogP contribution in [-0.4, -0.2) is 22.1 Å². The Bertz CT molecular complexity index is 1510. The Labute approximate surface area is 202 Å². The molecular weight excluding hydrogens is 442 g/mol. The number of nitrogens with zero attached hydrogens (tertiary/aromatic N) is 2. The van der Waals surface area contributed by atoms with E-state index in [4.69, 9.17) is 4.74 Å². The van der Waals surface area contributed by atoms with Gasteiger partial charge in [0.15, 0.2) is 0 Å². The molecular formula is C28H23N3O2S. The second kappa shape index (κ2) is 9.53. The maximum atomic E-state index is 13.0. The van der Waals surface area contributed by atoms with E-state index in [1.807, 2.05) is 74.1 Å². The maximum Gasteiger partial charge on any atom is 0.255 e. The Hall–Kier alpha value is -3.90. The minimum Gasteiger partial charge on any atom is -0.489 e. The third-order valence-electron chi connectivity index (χ3n) is 5.62. The van der Waals surface area contributed by atoms with E-state index in [9.17, 15) is 4.79 Å². The van der Waals surface area contributed by atoms with Gasteiger partial charge in [-0.05, 0) is 61.0 Å². The van der Waals surface area contributed by atoms with Gasteiger partial charge in [-0.25, -0.2) is 0 Å². The van der Waals surface area contributed by atoms with Crippen molar-refractivity contribution in [3.63, 3.8) is 0 Å². The smallest absolute Gasteiger partial charge is 0.255 e. The minimum atomic E-state index is -0.192. The lowest BCUT2D eigenvalue weighted by molar-refractivity contribution is 0.102. The number of aryl methyl sites for hydroxylation is 1. The number of rotatable bonds is 6. The molecule has 0 aliphatic carbocycles. The van der Waals surface area contributed by atoms with Crippen molar-refractivity contribution in [3.05, 3.63) is 102 Å². The fourth-order valence-electron chi connectivity index (χ4n) is 3.95. The van der Waals surface area contributed by atoms with Crippen LogP contribution in [0, 0.1) is 6.92 Å². The van der Waals surface area contributed by atoms with Crippen LogP contribution in [-0.2, 0) is 6.61 Å². The van der Waals surface area contributed by atoms with Gasteiger partial charge in [-0.2, -0.15) is 0 Å². The first-order valence-corrected chi connectivity index (χ1v) is 12.1. The van der Waals surface area contributed by atoms with E-state index >= 15 is 0 Å². The fourth-order valence-corrected chi connectivity index (χ4v) is 4.62. The number of hydrogen-bond acceptors (Lipinski definition) is 5. The number of carbonyl (C=O) groups excluding carboxylic acids is 1. The zero-order valence-corrected chi connectivity index (χ0v) is 19.7. The number of fused-ring (bicyclic) bond motifs is 2. The molecule has 5 rings (SSSR count). The van der Waals surface area contributed by atoms with E-state index in [0.717, 1.165) is 43.5 Å².